The van der Waals surface area contributed by atoms with Gasteiger partial charge in [-0.05, 0) is 115 Å². The normalized spacial score (nSPS) is 19.6. The molecule has 57 heavy (non-hydrogen) atoms. The fourth-order valence-electron chi connectivity index (χ4n) is 8.15. The number of aromatic nitrogens is 4. The predicted octanol–water partition coefficient (Wildman–Crippen LogP) is 7.56. The summed E-state index contributed by atoms with van der Waals surface area (Å²) in [6.07, 6.45) is 11.1. The maximum absolute atomic E-state index is 5.99. The van der Waals surface area contributed by atoms with Gasteiger partial charge >= 0.3 is 0 Å². The predicted molar refractivity (Wildman–Crippen MR) is 230 cm³/mol. The number of piperidine rings is 3. The van der Waals surface area contributed by atoms with E-state index in [2.05, 4.69) is 83.6 Å². The Morgan fingerprint density at radius 3 is 2.09 bits per heavy atom. The number of nitrogens with one attached hydrogen (secondary N) is 4. The van der Waals surface area contributed by atoms with E-state index in [0.717, 1.165) is 74.9 Å². The van der Waals surface area contributed by atoms with Crippen molar-refractivity contribution >= 4 is 17.1 Å². The Morgan fingerprint density at radius 2 is 1.40 bits per heavy atom. The van der Waals surface area contributed by atoms with Crippen LogP contribution in [0.2, 0.25) is 0 Å². The van der Waals surface area contributed by atoms with E-state index in [1.54, 1.807) is 12.4 Å². The van der Waals surface area contributed by atoms with E-state index in [1.807, 2.05) is 64.1 Å². The lowest BCUT2D eigenvalue weighted by Crippen LogP contribution is -2.53. The topological polar surface area (TPSA) is 121 Å². The summed E-state index contributed by atoms with van der Waals surface area (Å²) < 4.78 is 12.0. The SMILES string of the molecule is CC(C)Oc1cc(CN2CCC(Nc3nc(-c4ccccc4)c4nccnc4n3)CC2)cc(OC(C)C)c1.c1ccc(C2CCNC(NC3CCNCC3)C2)cc1. The number of nitrogens with zero attached hydrogens (tertiary/aromatic N) is 5. The lowest BCUT2D eigenvalue weighted by molar-refractivity contribution is 0.207. The second-order valence-corrected chi connectivity index (χ2v) is 16.2. The fourth-order valence-corrected chi connectivity index (χ4v) is 8.15. The molecule has 0 saturated carbocycles. The molecule has 3 saturated heterocycles. The summed E-state index contributed by atoms with van der Waals surface area (Å²) in [7, 11) is 0. The van der Waals surface area contributed by atoms with Crippen molar-refractivity contribution in [1.29, 1.82) is 0 Å². The van der Waals surface area contributed by atoms with Gasteiger partial charge in [-0.3, -0.25) is 10.2 Å². The molecule has 3 fully saturated rings. The van der Waals surface area contributed by atoms with Crippen molar-refractivity contribution in [1.82, 2.24) is 40.8 Å². The Labute approximate surface area is 338 Å². The molecule has 8 rings (SSSR count). The third-order valence-corrected chi connectivity index (χ3v) is 10.8. The average molecular weight is 772 g/mol. The highest BCUT2D eigenvalue weighted by atomic mass is 16.5. The lowest BCUT2D eigenvalue weighted by Gasteiger charge is -2.35. The average Bonchev–Trinajstić information content (AvgIpc) is 3.22. The third-order valence-electron chi connectivity index (χ3n) is 10.8. The van der Waals surface area contributed by atoms with E-state index in [0.29, 0.717) is 41.3 Å². The molecule has 0 radical (unpaired) electrons. The zero-order chi connectivity index (χ0) is 39.4. The van der Waals surface area contributed by atoms with Gasteiger partial charge in [-0.2, -0.15) is 4.98 Å². The molecule has 0 spiro atoms. The van der Waals surface area contributed by atoms with Crippen LogP contribution >= 0.6 is 0 Å². The third kappa shape index (κ3) is 11.9. The van der Waals surface area contributed by atoms with Gasteiger partial charge in [-0.15, -0.1) is 0 Å². The van der Waals surface area contributed by atoms with Gasteiger partial charge in [0.05, 0.1) is 18.4 Å². The van der Waals surface area contributed by atoms with E-state index < -0.39 is 0 Å². The van der Waals surface area contributed by atoms with Crippen LogP contribution in [0.4, 0.5) is 5.95 Å². The number of hydrogen-bond acceptors (Lipinski definition) is 11. The maximum atomic E-state index is 5.99. The van der Waals surface area contributed by atoms with Gasteiger partial charge in [0.25, 0.3) is 0 Å². The molecule has 302 valence electrons. The first kappa shape index (κ1) is 40.5. The first-order valence-electron chi connectivity index (χ1n) is 21.1. The molecule has 2 atom stereocenters. The van der Waals surface area contributed by atoms with E-state index in [1.165, 1.54) is 36.8 Å². The Bertz CT molecular complexity index is 1940. The first-order valence-corrected chi connectivity index (χ1v) is 21.1. The van der Waals surface area contributed by atoms with E-state index in [4.69, 9.17) is 14.5 Å². The highest BCUT2D eigenvalue weighted by Gasteiger charge is 2.25. The molecule has 11 nitrogen and oxygen atoms in total. The van der Waals surface area contributed by atoms with Crippen LogP contribution < -0.4 is 30.7 Å². The number of hydrogen-bond donors (Lipinski definition) is 4. The summed E-state index contributed by atoms with van der Waals surface area (Å²) in [4.78, 5) is 21.0. The number of fused-ring (bicyclic) bond motifs is 1. The standard InChI is InChI=1S/C30H36N6O2.C16H25N3/c1-20(2)37-25-16-22(17-26(18-25)38-21(3)4)19-36-14-10-24(11-15-36)33-30-34-27(23-8-6-5-7-9-23)28-29(35-30)32-13-12-31-28;1-2-4-13(5-3-1)14-6-11-18-16(12-14)19-15-7-9-17-10-8-15/h5-9,12-13,16-18,20-21,24H,10-11,14-15,19H2,1-4H3,(H,32,33,34,35);1-5,14-19H,6-12H2. The van der Waals surface area contributed by atoms with Gasteiger partial charge in [0.15, 0.2) is 5.65 Å². The van der Waals surface area contributed by atoms with Crippen LogP contribution in [0.3, 0.4) is 0 Å². The Morgan fingerprint density at radius 1 is 0.737 bits per heavy atom. The minimum atomic E-state index is 0.115. The van der Waals surface area contributed by atoms with Crippen LogP contribution in [0.1, 0.15) is 83.3 Å². The van der Waals surface area contributed by atoms with E-state index in [9.17, 15) is 0 Å². The van der Waals surface area contributed by atoms with Crippen molar-refractivity contribution in [3.8, 4) is 22.8 Å². The number of benzene rings is 3. The Balaban J connectivity index is 0.000000218. The molecule has 3 aliphatic rings. The zero-order valence-electron chi connectivity index (χ0n) is 34.2. The van der Waals surface area contributed by atoms with Crippen molar-refractivity contribution in [3.05, 3.63) is 102 Å². The molecular weight excluding hydrogens is 711 g/mol. The van der Waals surface area contributed by atoms with Gasteiger partial charge in [0, 0.05) is 55.7 Å². The van der Waals surface area contributed by atoms with Gasteiger partial charge < -0.3 is 25.4 Å². The molecule has 3 aliphatic heterocycles. The van der Waals surface area contributed by atoms with Crippen LogP contribution in [0.15, 0.2) is 91.3 Å². The molecule has 0 aliphatic carbocycles. The van der Waals surface area contributed by atoms with Crippen molar-refractivity contribution in [2.45, 2.75) is 109 Å². The summed E-state index contributed by atoms with van der Waals surface area (Å²) in [5, 5.41) is 14.4. The van der Waals surface area contributed by atoms with E-state index >= 15 is 0 Å². The van der Waals surface area contributed by atoms with Gasteiger partial charge in [-0.25, -0.2) is 15.0 Å². The Kier molecular flexibility index (Phi) is 14.3. The molecule has 2 aromatic heterocycles. The largest absolute Gasteiger partial charge is 0.491 e. The van der Waals surface area contributed by atoms with E-state index in [-0.39, 0.29) is 12.2 Å². The van der Waals surface area contributed by atoms with Crippen LogP contribution in [0.25, 0.3) is 22.4 Å². The molecule has 2 unspecified atom stereocenters. The molecule has 3 aromatic carbocycles. The van der Waals surface area contributed by atoms with Crippen LogP contribution in [-0.2, 0) is 6.54 Å². The first-order chi connectivity index (χ1) is 27.8. The van der Waals surface area contributed by atoms with Gasteiger partial charge in [0.2, 0.25) is 5.95 Å². The van der Waals surface area contributed by atoms with Gasteiger partial charge in [0.1, 0.15) is 22.7 Å². The summed E-state index contributed by atoms with van der Waals surface area (Å²) in [5.74, 6) is 3.02. The second kappa shape index (κ2) is 20.1. The van der Waals surface area contributed by atoms with Crippen molar-refractivity contribution in [3.63, 3.8) is 0 Å². The molecule has 4 N–H and O–H groups in total. The second-order valence-electron chi connectivity index (χ2n) is 16.2. The minimum absolute atomic E-state index is 0.115. The molecule has 0 bridgehead atoms. The van der Waals surface area contributed by atoms with Crippen molar-refractivity contribution in [2.24, 2.45) is 0 Å². The minimum Gasteiger partial charge on any atom is -0.491 e. The van der Waals surface area contributed by atoms with Crippen LogP contribution in [-0.4, -0.2) is 88.0 Å². The highest BCUT2D eigenvalue weighted by molar-refractivity contribution is 5.87. The van der Waals surface area contributed by atoms with Gasteiger partial charge in [-0.1, -0.05) is 60.7 Å². The molecule has 0 amide bonds. The Hall–Kier alpha value is -4.68. The number of likely N-dealkylation sites (tertiary alicyclic amines) is 1. The summed E-state index contributed by atoms with van der Waals surface area (Å²) in [6, 6.07) is 28.3. The molecule has 5 aromatic rings. The highest BCUT2D eigenvalue weighted by Crippen LogP contribution is 2.29. The quantitative estimate of drug-likeness (QED) is 0.101. The lowest BCUT2D eigenvalue weighted by atomic mass is 9.88. The summed E-state index contributed by atoms with van der Waals surface area (Å²) in [6.45, 7) is 14.4. The summed E-state index contributed by atoms with van der Waals surface area (Å²) >= 11 is 0. The monoisotopic (exact) mass is 771 g/mol. The molecule has 11 heteroatoms. The number of rotatable bonds is 12. The number of ether oxygens (including phenoxy) is 2. The molecular formula is C46H61N9O2. The smallest absolute Gasteiger partial charge is 0.225 e. The zero-order valence-corrected chi connectivity index (χ0v) is 34.2. The maximum Gasteiger partial charge on any atom is 0.225 e. The van der Waals surface area contributed by atoms with Crippen molar-refractivity contribution < 1.29 is 9.47 Å². The fraction of sp³-hybridized carbons (Fsp3) is 0.478. The van der Waals surface area contributed by atoms with Crippen molar-refractivity contribution in [2.75, 3.05) is 38.0 Å². The van der Waals surface area contributed by atoms with Crippen LogP contribution in [0, 0.1) is 0 Å². The molecule has 5 heterocycles. The van der Waals surface area contributed by atoms with Crippen LogP contribution in [0.5, 0.6) is 11.5 Å². The summed E-state index contributed by atoms with van der Waals surface area (Å²) in [5.41, 5.74) is 5.82. The number of anilines is 1.